The molecule has 0 radical (unpaired) electrons. The van der Waals surface area contributed by atoms with E-state index in [0.717, 1.165) is 22.5 Å². The van der Waals surface area contributed by atoms with Crippen molar-refractivity contribution in [2.24, 2.45) is 0 Å². The Balaban J connectivity index is 1.87. The van der Waals surface area contributed by atoms with E-state index in [2.05, 4.69) is 5.32 Å². The second-order valence-electron chi connectivity index (χ2n) is 6.99. The lowest BCUT2D eigenvalue weighted by Crippen LogP contribution is -2.33. The van der Waals surface area contributed by atoms with Crippen molar-refractivity contribution in [2.45, 2.75) is 32.8 Å². The van der Waals surface area contributed by atoms with Crippen molar-refractivity contribution in [3.05, 3.63) is 59.4 Å². The Kier molecular flexibility index (Phi) is 5.18. The van der Waals surface area contributed by atoms with Crippen LogP contribution >= 0.6 is 11.6 Å². The molecule has 26 heavy (non-hydrogen) atoms. The van der Waals surface area contributed by atoms with Crippen LogP contribution in [0.25, 0.3) is 16.7 Å². The molecule has 5 nitrogen and oxygen atoms in total. The number of halogens is 1. The van der Waals surface area contributed by atoms with Crippen molar-refractivity contribution in [3.63, 3.8) is 0 Å². The normalized spacial score (nSPS) is 11.5. The Labute approximate surface area is 157 Å². The van der Waals surface area contributed by atoms with E-state index >= 15 is 0 Å². The maximum atomic E-state index is 11.8. The van der Waals surface area contributed by atoms with Crippen LogP contribution in [0.4, 0.5) is 4.79 Å². The minimum atomic E-state index is -0.519. The molecule has 0 bridgehead atoms. The lowest BCUT2D eigenvalue weighted by Gasteiger charge is -2.19. The molecule has 1 amide bonds. The molecule has 0 spiro atoms. The minimum Gasteiger partial charge on any atom is -0.444 e. The zero-order chi connectivity index (χ0) is 18.7. The van der Waals surface area contributed by atoms with Gasteiger partial charge >= 0.3 is 6.09 Å². The summed E-state index contributed by atoms with van der Waals surface area (Å²) in [4.78, 5) is 16.6. The third-order valence-corrected chi connectivity index (χ3v) is 4.03. The van der Waals surface area contributed by atoms with Crippen molar-refractivity contribution in [3.8, 4) is 5.69 Å². The molecule has 0 atom stereocenters. The highest BCUT2D eigenvalue weighted by Crippen LogP contribution is 2.28. The molecule has 136 valence electrons. The van der Waals surface area contributed by atoms with Crippen LogP contribution in [0.2, 0.25) is 5.02 Å². The number of amides is 1. The Morgan fingerprint density at radius 1 is 1.15 bits per heavy atom. The Morgan fingerprint density at radius 2 is 1.88 bits per heavy atom. The number of para-hydroxylation sites is 2. The highest BCUT2D eigenvalue weighted by atomic mass is 35.5. The van der Waals surface area contributed by atoms with E-state index in [-0.39, 0.29) is 0 Å². The van der Waals surface area contributed by atoms with Gasteiger partial charge in [0.05, 0.1) is 16.1 Å². The first kappa shape index (κ1) is 18.3. The lowest BCUT2D eigenvalue weighted by molar-refractivity contribution is 0.0528. The fourth-order valence-corrected chi connectivity index (χ4v) is 3.00. The number of carbonyl (C=O) groups excluding carboxylic acids is 1. The predicted molar refractivity (Wildman–Crippen MR) is 104 cm³/mol. The molecule has 1 heterocycles. The van der Waals surface area contributed by atoms with Gasteiger partial charge in [0.2, 0.25) is 0 Å². The molecule has 0 aliphatic heterocycles. The van der Waals surface area contributed by atoms with E-state index in [1.165, 1.54) is 0 Å². The third-order valence-electron chi connectivity index (χ3n) is 3.73. The summed E-state index contributed by atoms with van der Waals surface area (Å²) in [6, 6.07) is 15.6. The number of aromatic nitrogens is 2. The van der Waals surface area contributed by atoms with E-state index in [1.807, 2.05) is 73.9 Å². The lowest BCUT2D eigenvalue weighted by atomic mass is 10.2. The highest BCUT2D eigenvalue weighted by molar-refractivity contribution is 6.35. The second kappa shape index (κ2) is 7.38. The summed E-state index contributed by atoms with van der Waals surface area (Å²) in [7, 11) is 0. The van der Waals surface area contributed by atoms with Gasteiger partial charge in [0.25, 0.3) is 0 Å². The van der Waals surface area contributed by atoms with Gasteiger partial charge in [-0.2, -0.15) is 0 Å². The Morgan fingerprint density at radius 3 is 2.58 bits per heavy atom. The largest absolute Gasteiger partial charge is 0.444 e. The number of nitrogens with one attached hydrogen (secondary N) is 1. The molecule has 0 saturated heterocycles. The zero-order valence-electron chi connectivity index (χ0n) is 15.1. The number of nitrogens with zero attached hydrogens (tertiary/aromatic N) is 2. The maximum Gasteiger partial charge on any atom is 0.407 e. The van der Waals surface area contributed by atoms with Gasteiger partial charge in [-0.3, -0.25) is 4.57 Å². The molecule has 2 aromatic carbocycles. The average Bonchev–Trinajstić information content (AvgIpc) is 2.94. The quantitative estimate of drug-likeness (QED) is 0.720. The molecule has 1 N–H and O–H groups in total. The van der Waals surface area contributed by atoms with Gasteiger partial charge in [0.15, 0.2) is 0 Å². The molecule has 3 rings (SSSR count). The summed E-state index contributed by atoms with van der Waals surface area (Å²) < 4.78 is 7.31. The number of alkyl carbamates (subject to hydrolysis) is 1. The van der Waals surface area contributed by atoms with Crippen LogP contribution in [0, 0.1) is 0 Å². The highest BCUT2D eigenvalue weighted by Gasteiger charge is 2.17. The van der Waals surface area contributed by atoms with Crippen LogP contribution in [0.1, 0.15) is 26.6 Å². The third kappa shape index (κ3) is 4.17. The van der Waals surface area contributed by atoms with E-state index in [1.54, 1.807) is 0 Å². The Hall–Kier alpha value is -2.53. The van der Waals surface area contributed by atoms with Crippen LogP contribution in [0.5, 0.6) is 0 Å². The van der Waals surface area contributed by atoms with Crippen molar-refractivity contribution in [2.75, 3.05) is 6.54 Å². The van der Waals surface area contributed by atoms with Crippen molar-refractivity contribution >= 4 is 28.7 Å². The molecule has 1 aromatic heterocycles. The molecule has 0 aliphatic rings. The number of ether oxygens (including phenoxy) is 1. The van der Waals surface area contributed by atoms with E-state index < -0.39 is 11.7 Å². The number of fused-ring (bicyclic) bond motifs is 1. The van der Waals surface area contributed by atoms with E-state index in [0.29, 0.717) is 18.0 Å². The van der Waals surface area contributed by atoms with Gasteiger partial charge in [-0.25, -0.2) is 9.78 Å². The molecule has 6 heteroatoms. The maximum absolute atomic E-state index is 11.8. The zero-order valence-corrected chi connectivity index (χ0v) is 15.9. The first-order chi connectivity index (χ1) is 12.3. The van der Waals surface area contributed by atoms with Gasteiger partial charge in [0.1, 0.15) is 11.4 Å². The van der Waals surface area contributed by atoms with Crippen molar-refractivity contribution in [1.82, 2.24) is 14.9 Å². The fraction of sp³-hybridized carbons (Fsp3) is 0.300. The molecule has 0 fully saturated rings. The molecule has 3 aromatic rings. The number of hydrogen-bond acceptors (Lipinski definition) is 3. The summed E-state index contributed by atoms with van der Waals surface area (Å²) in [5.41, 5.74) is 2.16. The summed E-state index contributed by atoms with van der Waals surface area (Å²) in [5.74, 6) is 0.829. The second-order valence-corrected chi connectivity index (χ2v) is 7.39. The van der Waals surface area contributed by atoms with Gasteiger partial charge in [0, 0.05) is 18.7 Å². The monoisotopic (exact) mass is 371 g/mol. The molecular weight excluding hydrogens is 350 g/mol. The smallest absolute Gasteiger partial charge is 0.407 e. The number of imidazole rings is 1. The molecular formula is C20H22ClN3O2. The van der Waals surface area contributed by atoms with Gasteiger partial charge in [-0.15, -0.1) is 0 Å². The minimum absolute atomic E-state index is 0.419. The van der Waals surface area contributed by atoms with E-state index in [4.69, 9.17) is 21.3 Å². The Bertz CT molecular complexity index is 914. The van der Waals surface area contributed by atoms with Gasteiger partial charge in [-0.1, -0.05) is 35.9 Å². The van der Waals surface area contributed by atoms with Crippen molar-refractivity contribution in [1.29, 1.82) is 0 Å². The van der Waals surface area contributed by atoms with Crippen molar-refractivity contribution < 1.29 is 9.53 Å². The first-order valence-electron chi connectivity index (χ1n) is 8.53. The van der Waals surface area contributed by atoms with Crippen LogP contribution < -0.4 is 5.32 Å². The average molecular weight is 372 g/mol. The SMILES string of the molecule is CC(C)(C)OC(=O)NCCc1nc2cccc(Cl)c2n1-c1ccccc1. The topological polar surface area (TPSA) is 56.1 Å². The van der Waals surface area contributed by atoms with Crippen LogP contribution in [-0.4, -0.2) is 27.8 Å². The number of hydrogen-bond donors (Lipinski definition) is 1. The fourth-order valence-electron chi connectivity index (χ4n) is 2.75. The molecule has 0 unspecified atom stereocenters. The first-order valence-corrected chi connectivity index (χ1v) is 8.91. The molecule has 0 aliphatic carbocycles. The van der Waals surface area contributed by atoms with E-state index in [9.17, 15) is 4.79 Å². The van der Waals surface area contributed by atoms with Gasteiger partial charge < -0.3 is 10.1 Å². The van der Waals surface area contributed by atoms with Crippen LogP contribution in [-0.2, 0) is 11.2 Å². The number of benzene rings is 2. The number of rotatable bonds is 4. The standard InChI is InChI=1S/C20H22ClN3O2/c1-20(2,3)26-19(25)22-13-12-17-23-16-11-7-10-15(21)18(16)24(17)14-8-5-4-6-9-14/h4-11H,12-13H2,1-3H3,(H,22,25). The predicted octanol–water partition coefficient (Wildman–Crippen LogP) is 4.75. The van der Waals surface area contributed by atoms with Crippen LogP contribution in [0.15, 0.2) is 48.5 Å². The summed E-state index contributed by atoms with van der Waals surface area (Å²) in [5, 5.41) is 3.42. The molecule has 0 saturated carbocycles. The van der Waals surface area contributed by atoms with Crippen LogP contribution in [0.3, 0.4) is 0 Å². The summed E-state index contributed by atoms with van der Waals surface area (Å²) in [6.45, 7) is 5.93. The number of carbonyl (C=O) groups is 1. The summed E-state index contributed by atoms with van der Waals surface area (Å²) >= 11 is 6.43. The summed E-state index contributed by atoms with van der Waals surface area (Å²) in [6.07, 6.45) is 0.122. The van der Waals surface area contributed by atoms with Gasteiger partial charge in [-0.05, 0) is 45.0 Å².